The quantitative estimate of drug-likeness (QED) is 0.628. The van der Waals surface area contributed by atoms with Crippen molar-refractivity contribution in [3.05, 3.63) is 11.6 Å². The highest BCUT2D eigenvalue weighted by Crippen LogP contribution is 2.13. The van der Waals surface area contributed by atoms with Crippen molar-refractivity contribution in [2.24, 2.45) is 0 Å². The standard InChI is InChI=1S/C10H16N2O2/c1-4-5-6-11(3)12-9(13)7-8(2)10(12)14/h7H,4-6H2,1-3H3. The van der Waals surface area contributed by atoms with Crippen LogP contribution >= 0.6 is 0 Å². The first-order chi connectivity index (χ1) is 6.57. The second-order valence-electron chi connectivity index (χ2n) is 3.52. The van der Waals surface area contributed by atoms with Crippen molar-refractivity contribution >= 4 is 11.8 Å². The summed E-state index contributed by atoms with van der Waals surface area (Å²) in [5.74, 6) is -0.431. The number of hydrogen-bond donors (Lipinski definition) is 0. The molecule has 4 heteroatoms. The van der Waals surface area contributed by atoms with Crippen LogP contribution in [0.1, 0.15) is 26.7 Å². The summed E-state index contributed by atoms with van der Waals surface area (Å²) in [5.41, 5.74) is 0.512. The van der Waals surface area contributed by atoms with Crippen molar-refractivity contribution in [3.8, 4) is 0 Å². The minimum atomic E-state index is -0.230. The number of unbranched alkanes of at least 4 members (excludes halogenated alkanes) is 1. The summed E-state index contributed by atoms with van der Waals surface area (Å²) >= 11 is 0. The van der Waals surface area contributed by atoms with Crippen LogP contribution in [0.4, 0.5) is 0 Å². The second-order valence-corrected chi connectivity index (χ2v) is 3.52. The summed E-state index contributed by atoms with van der Waals surface area (Å²) in [6, 6.07) is 0. The molecule has 0 aromatic heterocycles. The molecule has 4 nitrogen and oxygen atoms in total. The lowest BCUT2D eigenvalue weighted by Crippen LogP contribution is -2.44. The fraction of sp³-hybridized carbons (Fsp3) is 0.600. The topological polar surface area (TPSA) is 40.6 Å². The van der Waals surface area contributed by atoms with E-state index in [4.69, 9.17) is 0 Å². The molecule has 14 heavy (non-hydrogen) atoms. The highest BCUT2D eigenvalue weighted by molar-refractivity contribution is 6.15. The van der Waals surface area contributed by atoms with E-state index in [0.717, 1.165) is 19.4 Å². The molecule has 0 aromatic carbocycles. The zero-order valence-electron chi connectivity index (χ0n) is 8.91. The van der Waals surface area contributed by atoms with Crippen LogP contribution in [-0.2, 0) is 9.59 Å². The van der Waals surface area contributed by atoms with Gasteiger partial charge in [0.25, 0.3) is 11.8 Å². The van der Waals surface area contributed by atoms with E-state index in [1.807, 2.05) is 0 Å². The predicted molar refractivity (Wildman–Crippen MR) is 53.1 cm³/mol. The van der Waals surface area contributed by atoms with Crippen molar-refractivity contribution in [1.82, 2.24) is 10.0 Å². The lowest BCUT2D eigenvalue weighted by atomic mass is 10.3. The van der Waals surface area contributed by atoms with Gasteiger partial charge in [-0.15, -0.1) is 0 Å². The molecular weight excluding hydrogens is 180 g/mol. The Labute approximate surface area is 84.1 Å². The molecule has 0 bridgehead atoms. The molecule has 0 spiro atoms. The van der Waals surface area contributed by atoms with Gasteiger partial charge in [0.15, 0.2) is 0 Å². The summed E-state index contributed by atoms with van der Waals surface area (Å²) < 4.78 is 0. The Balaban J connectivity index is 2.62. The molecule has 1 aliphatic rings. The Morgan fingerprint density at radius 1 is 1.43 bits per heavy atom. The third-order valence-electron chi connectivity index (χ3n) is 2.26. The number of rotatable bonds is 4. The van der Waals surface area contributed by atoms with E-state index in [0.29, 0.717) is 5.57 Å². The van der Waals surface area contributed by atoms with Gasteiger partial charge in [-0.1, -0.05) is 13.3 Å². The first-order valence-corrected chi connectivity index (χ1v) is 4.85. The van der Waals surface area contributed by atoms with Crippen molar-refractivity contribution < 1.29 is 9.59 Å². The Hall–Kier alpha value is -1.16. The van der Waals surface area contributed by atoms with E-state index in [2.05, 4.69) is 6.92 Å². The summed E-state index contributed by atoms with van der Waals surface area (Å²) in [6.07, 6.45) is 3.41. The molecule has 1 aliphatic heterocycles. The van der Waals surface area contributed by atoms with E-state index in [1.165, 1.54) is 11.1 Å². The van der Waals surface area contributed by atoms with Crippen molar-refractivity contribution in [2.75, 3.05) is 13.6 Å². The minimum absolute atomic E-state index is 0.200. The molecule has 0 aliphatic carbocycles. The smallest absolute Gasteiger partial charge is 0.268 e. The normalized spacial score (nSPS) is 16.9. The van der Waals surface area contributed by atoms with Crippen molar-refractivity contribution in [1.29, 1.82) is 0 Å². The van der Waals surface area contributed by atoms with Crippen LogP contribution < -0.4 is 0 Å². The van der Waals surface area contributed by atoms with Gasteiger partial charge >= 0.3 is 0 Å². The molecule has 1 heterocycles. The van der Waals surface area contributed by atoms with Gasteiger partial charge in [-0.25, -0.2) is 10.0 Å². The zero-order valence-corrected chi connectivity index (χ0v) is 8.91. The highest BCUT2D eigenvalue weighted by atomic mass is 16.2. The average molecular weight is 196 g/mol. The molecule has 0 aromatic rings. The van der Waals surface area contributed by atoms with Crippen LogP contribution in [0.25, 0.3) is 0 Å². The first-order valence-electron chi connectivity index (χ1n) is 4.85. The number of carbonyl (C=O) groups excluding carboxylic acids is 2. The molecule has 1 rings (SSSR count). The number of carbonyl (C=O) groups is 2. The van der Waals surface area contributed by atoms with E-state index in [-0.39, 0.29) is 11.8 Å². The van der Waals surface area contributed by atoms with Crippen LogP contribution in [0.2, 0.25) is 0 Å². The summed E-state index contributed by atoms with van der Waals surface area (Å²) in [5, 5.41) is 2.88. The van der Waals surface area contributed by atoms with Gasteiger partial charge in [0.1, 0.15) is 0 Å². The molecule has 0 atom stereocenters. The molecular formula is C10H16N2O2. The first kappa shape index (κ1) is 10.9. The number of nitrogens with zero attached hydrogens (tertiary/aromatic N) is 2. The molecule has 0 unspecified atom stereocenters. The number of imide groups is 1. The van der Waals surface area contributed by atoms with Crippen LogP contribution in [0, 0.1) is 0 Å². The molecule has 0 radical (unpaired) electrons. The molecule has 0 saturated carbocycles. The third kappa shape index (κ3) is 2.01. The van der Waals surface area contributed by atoms with E-state index >= 15 is 0 Å². The van der Waals surface area contributed by atoms with E-state index in [9.17, 15) is 9.59 Å². The van der Waals surface area contributed by atoms with Gasteiger partial charge in [0.2, 0.25) is 0 Å². The second kappa shape index (κ2) is 4.37. The maximum Gasteiger partial charge on any atom is 0.271 e. The van der Waals surface area contributed by atoms with Gasteiger partial charge in [0, 0.05) is 25.2 Å². The Kier molecular flexibility index (Phi) is 3.41. The molecule has 0 fully saturated rings. The van der Waals surface area contributed by atoms with Gasteiger partial charge in [-0.05, 0) is 13.3 Å². The molecule has 78 valence electrons. The van der Waals surface area contributed by atoms with Crippen LogP contribution in [0.15, 0.2) is 11.6 Å². The number of hydrogen-bond acceptors (Lipinski definition) is 3. The fourth-order valence-corrected chi connectivity index (χ4v) is 1.39. The Morgan fingerprint density at radius 3 is 2.50 bits per heavy atom. The minimum Gasteiger partial charge on any atom is -0.268 e. The maximum absolute atomic E-state index is 11.5. The van der Waals surface area contributed by atoms with Gasteiger partial charge in [0.05, 0.1) is 0 Å². The van der Waals surface area contributed by atoms with E-state index in [1.54, 1.807) is 19.0 Å². The molecule has 2 amide bonds. The van der Waals surface area contributed by atoms with Crippen LogP contribution in [-0.4, -0.2) is 35.4 Å². The van der Waals surface area contributed by atoms with Gasteiger partial charge in [-0.3, -0.25) is 9.59 Å². The number of amides is 2. The van der Waals surface area contributed by atoms with E-state index < -0.39 is 0 Å². The highest BCUT2D eigenvalue weighted by Gasteiger charge is 2.31. The Morgan fingerprint density at radius 2 is 2.07 bits per heavy atom. The lowest BCUT2D eigenvalue weighted by molar-refractivity contribution is -0.153. The Bertz CT molecular complexity index is 284. The molecule has 0 N–H and O–H groups in total. The maximum atomic E-state index is 11.5. The summed E-state index contributed by atoms with van der Waals surface area (Å²) in [7, 11) is 1.76. The van der Waals surface area contributed by atoms with Crippen LogP contribution in [0.5, 0.6) is 0 Å². The largest absolute Gasteiger partial charge is 0.271 e. The fourth-order valence-electron chi connectivity index (χ4n) is 1.39. The van der Waals surface area contributed by atoms with Gasteiger partial charge < -0.3 is 0 Å². The summed E-state index contributed by atoms with van der Waals surface area (Å²) in [6.45, 7) is 4.47. The molecule has 0 saturated heterocycles. The monoisotopic (exact) mass is 196 g/mol. The third-order valence-corrected chi connectivity index (χ3v) is 2.26. The average Bonchev–Trinajstić information content (AvgIpc) is 2.38. The van der Waals surface area contributed by atoms with Crippen LogP contribution in [0.3, 0.4) is 0 Å². The van der Waals surface area contributed by atoms with Crippen molar-refractivity contribution in [2.45, 2.75) is 26.7 Å². The van der Waals surface area contributed by atoms with Gasteiger partial charge in [-0.2, -0.15) is 0 Å². The lowest BCUT2D eigenvalue weighted by Gasteiger charge is -2.25. The zero-order chi connectivity index (χ0) is 10.7. The predicted octanol–water partition coefficient (Wildman–Crippen LogP) is 0.948. The SMILES string of the molecule is CCCCN(C)N1C(=O)C=C(C)C1=O. The van der Waals surface area contributed by atoms with Crippen molar-refractivity contribution in [3.63, 3.8) is 0 Å². The number of hydrazine groups is 1. The summed E-state index contributed by atoms with van der Waals surface area (Å²) in [4.78, 5) is 22.9.